The van der Waals surface area contributed by atoms with Crippen LogP contribution >= 0.6 is 11.6 Å². The Morgan fingerprint density at radius 2 is 1.69 bits per heavy atom. The van der Waals surface area contributed by atoms with Gasteiger partial charge in [-0.15, -0.1) is 0 Å². The highest BCUT2D eigenvalue weighted by molar-refractivity contribution is 6.30. The summed E-state index contributed by atoms with van der Waals surface area (Å²) in [6.45, 7) is 0. The van der Waals surface area contributed by atoms with E-state index in [0.717, 1.165) is 28.1 Å². The maximum absolute atomic E-state index is 12.5. The first-order valence-corrected chi connectivity index (χ1v) is 8.52. The van der Waals surface area contributed by atoms with E-state index in [1.807, 2.05) is 42.5 Å². The third kappa shape index (κ3) is 2.78. The molecule has 3 aromatic rings. The van der Waals surface area contributed by atoms with E-state index in [-0.39, 0.29) is 11.7 Å². The summed E-state index contributed by atoms with van der Waals surface area (Å²) < 4.78 is 5.19. The van der Waals surface area contributed by atoms with Gasteiger partial charge in [0.1, 0.15) is 11.5 Å². The van der Waals surface area contributed by atoms with Crippen LogP contribution in [0.3, 0.4) is 0 Å². The number of anilines is 1. The number of ether oxygens (including phenoxy) is 1. The molecule has 1 amide bonds. The van der Waals surface area contributed by atoms with E-state index in [0.29, 0.717) is 10.6 Å². The number of fused-ring (bicyclic) bond motifs is 1. The smallest absolute Gasteiger partial charge is 0.236 e. The second kappa shape index (κ2) is 6.39. The van der Waals surface area contributed by atoms with Crippen LogP contribution in [0.1, 0.15) is 17.0 Å². The molecule has 0 spiro atoms. The zero-order valence-electron chi connectivity index (χ0n) is 14.0. The first-order valence-electron chi connectivity index (χ1n) is 8.14. The molecular weight excluding hydrogens is 350 g/mol. The first-order chi connectivity index (χ1) is 12.6. The number of hydrogen-bond acceptors (Lipinski definition) is 3. The predicted molar refractivity (Wildman–Crippen MR) is 102 cm³/mol. The number of hydrogen-bond donors (Lipinski definition) is 2. The van der Waals surface area contributed by atoms with Crippen molar-refractivity contribution in [2.75, 3.05) is 12.4 Å². The molecule has 4 nitrogen and oxygen atoms in total. The largest absolute Gasteiger partial charge is 0.508 e. The lowest BCUT2D eigenvalue weighted by molar-refractivity contribution is -0.116. The van der Waals surface area contributed by atoms with Crippen molar-refractivity contribution in [3.63, 3.8) is 0 Å². The Hall–Kier alpha value is -2.98. The standard InChI is InChI=1S/C21H16ClNO3/c1-26-15-6-2-12(3-7-15)13-4-8-16-18(10-13)23-21(25)20(16)17-11-14(22)5-9-19(17)24/h2-11,20,24H,1H3,(H,23,25). The minimum Gasteiger partial charge on any atom is -0.508 e. The van der Waals surface area contributed by atoms with E-state index in [1.54, 1.807) is 19.2 Å². The van der Waals surface area contributed by atoms with Crippen LogP contribution in [-0.4, -0.2) is 18.1 Å². The van der Waals surface area contributed by atoms with Gasteiger partial charge in [-0.2, -0.15) is 0 Å². The summed E-state index contributed by atoms with van der Waals surface area (Å²) in [5, 5.41) is 13.6. The van der Waals surface area contributed by atoms with E-state index in [2.05, 4.69) is 5.32 Å². The van der Waals surface area contributed by atoms with Crippen molar-refractivity contribution in [1.82, 2.24) is 0 Å². The summed E-state index contributed by atoms with van der Waals surface area (Å²) in [5.74, 6) is 0.0967. The summed E-state index contributed by atoms with van der Waals surface area (Å²) in [6, 6.07) is 18.3. The lowest BCUT2D eigenvalue weighted by Crippen LogP contribution is -2.13. The van der Waals surface area contributed by atoms with Gasteiger partial charge in [0.25, 0.3) is 0 Å². The zero-order valence-corrected chi connectivity index (χ0v) is 14.7. The molecule has 1 atom stereocenters. The number of nitrogens with one attached hydrogen (secondary N) is 1. The van der Waals surface area contributed by atoms with Gasteiger partial charge < -0.3 is 15.2 Å². The molecule has 1 unspecified atom stereocenters. The van der Waals surface area contributed by atoms with Crippen LogP contribution in [0.15, 0.2) is 60.7 Å². The molecule has 0 aromatic heterocycles. The number of carbonyl (C=O) groups excluding carboxylic acids is 1. The normalized spacial score (nSPS) is 15.5. The van der Waals surface area contributed by atoms with E-state index in [4.69, 9.17) is 16.3 Å². The number of benzene rings is 3. The lowest BCUT2D eigenvalue weighted by Gasteiger charge is -2.12. The molecule has 0 saturated heterocycles. The Kier molecular flexibility index (Phi) is 4.05. The Bertz CT molecular complexity index is 999. The third-order valence-corrected chi connectivity index (χ3v) is 4.84. The minimum atomic E-state index is -0.575. The fraction of sp³-hybridized carbons (Fsp3) is 0.0952. The van der Waals surface area contributed by atoms with Gasteiger partial charge in [0.2, 0.25) is 5.91 Å². The van der Waals surface area contributed by atoms with Crippen LogP contribution in [-0.2, 0) is 4.79 Å². The monoisotopic (exact) mass is 365 g/mol. The maximum Gasteiger partial charge on any atom is 0.236 e. The van der Waals surface area contributed by atoms with Crippen molar-refractivity contribution in [3.05, 3.63) is 76.8 Å². The van der Waals surface area contributed by atoms with Crippen molar-refractivity contribution in [1.29, 1.82) is 0 Å². The van der Waals surface area contributed by atoms with Gasteiger partial charge in [0.15, 0.2) is 0 Å². The number of rotatable bonds is 3. The molecule has 130 valence electrons. The molecule has 0 saturated carbocycles. The van der Waals surface area contributed by atoms with E-state index in [1.165, 1.54) is 6.07 Å². The number of phenolic OH excluding ortho intramolecular Hbond substituents is 1. The van der Waals surface area contributed by atoms with Crippen molar-refractivity contribution in [2.45, 2.75) is 5.92 Å². The molecule has 2 N–H and O–H groups in total. The molecule has 1 aliphatic heterocycles. The van der Waals surface area contributed by atoms with Crippen molar-refractivity contribution < 1.29 is 14.6 Å². The number of halogens is 1. The van der Waals surface area contributed by atoms with Crippen LogP contribution in [0.5, 0.6) is 11.5 Å². The molecule has 4 rings (SSSR count). The topological polar surface area (TPSA) is 58.6 Å². The van der Waals surface area contributed by atoms with Crippen LogP contribution in [0.2, 0.25) is 5.02 Å². The Balaban J connectivity index is 1.74. The molecule has 3 aromatic carbocycles. The molecule has 1 heterocycles. The average molecular weight is 366 g/mol. The summed E-state index contributed by atoms with van der Waals surface area (Å²) in [7, 11) is 1.63. The van der Waals surface area contributed by atoms with E-state index in [9.17, 15) is 9.90 Å². The minimum absolute atomic E-state index is 0.0571. The Morgan fingerprint density at radius 3 is 2.42 bits per heavy atom. The van der Waals surface area contributed by atoms with E-state index < -0.39 is 5.92 Å². The van der Waals surface area contributed by atoms with Crippen LogP contribution in [0, 0.1) is 0 Å². The van der Waals surface area contributed by atoms with Gasteiger partial charge in [-0.3, -0.25) is 4.79 Å². The SMILES string of the molecule is COc1ccc(-c2ccc3c(c2)NC(=O)C3c2cc(Cl)ccc2O)cc1. The van der Waals surface area contributed by atoms with Crippen LogP contribution in [0.25, 0.3) is 11.1 Å². The summed E-state index contributed by atoms with van der Waals surface area (Å²) in [4.78, 5) is 12.5. The van der Waals surface area contributed by atoms with Gasteiger partial charge in [-0.1, -0.05) is 35.9 Å². The van der Waals surface area contributed by atoms with Crippen LogP contribution in [0.4, 0.5) is 5.69 Å². The fourth-order valence-electron chi connectivity index (χ4n) is 3.29. The van der Waals surface area contributed by atoms with Gasteiger partial charge in [0.05, 0.1) is 13.0 Å². The second-order valence-electron chi connectivity index (χ2n) is 6.16. The van der Waals surface area contributed by atoms with Crippen LogP contribution < -0.4 is 10.1 Å². The summed E-state index contributed by atoms with van der Waals surface area (Å²) >= 11 is 6.05. The van der Waals surface area contributed by atoms with Gasteiger partial charge in [-0.05, 0) is 53.1 Å². The number of phenols is 1. The molecular formula is C21H16ClNO3. The molecule has 0 radical (unpaired) electrons. The molecule has 26 heavy (non-hydrogen) atoms. The van der Waals surface area contributed by atoms with Gasteiger partial charge >= 0.3 is 0 Å². The molecule has 0 aliphatic carbocycles. The number of carbonyl (C=O) groups is 1. The third-order valence-electron chi connectivity index (χ3n) is 4.61. The highest BCUT2D eigenvalue weighted by atomic mass is 35.5. The van der Waals surface area contributed by atoms with Gasteiger partial charge in [0, 0.05) is 16.3 Å². The molecule has 0 bridgehead atoms. The summed E-state index contributed by atoms with van der Waals surface area (Å²) in [6.07, 6.45) is 0. The lowest BCUT2D eigenvalue weighted by atomic mass is 9.90. The molecule has 0 fully saturated rings. The summed E-state index contributed by atoms with van der Waals surface area (Å²) in [5.41, 5.74) is 4.09. The first kappa shape index (κ1) is 16.5. The maximum atomic E-state index is 12.5. The molecule has 5 heteroatoms. The quantitative estimate of drug-likeness (QED) is 0.700. The number of methoxy groups -OCH3 is 1. The predicted octanol–water partition coefficient (Wildman–Crippen LogP) is 4.81. The average Bonchev–Trinajstić information content (AvgIpc) is 2.98. The van der Waals surface area contributed by atoms with Crippen molar-refractivity contribution in [2.24, 2.45) is 0 Å². The van der Waals surface area contributed by atoms with Crippen molar-refractivity contribution >= 4 is 23.2 Å². The number of amides is 1. The Morgan fingerprint density at radius 1 is 0.962 bits per heavy atom. The Labute approximate surface area is 156 Å². The second-order valence-corrected chi connectivity index (χ2v) is 6.59. The number of aromatic hydroxyl groups is 1. The van der Waals surface area contributed by atoms with E-state index >= 15 is 0 Å². The van der Waals surface area contributed by atoms with Gasteiger partial charge in [-0.25, -0.2) is 0 Å². The zero-order chi connectivity index (χ0) is 18.3. The molecule has 1 aliphatic rings. The highest BCUT2D eigenvalue weighted by Gasteiger charge is 2.34. The van der Waals surface area contributed by atoms with Crippen molar-refractivity contribution in [3.8, 4) is 22.6 Å². The fourth-order valence-corrected chi connectivity index (χ4v) is 3.47. The highest BCUT2D eigenvalue weighted by Crippen LogP contribution is 2.42.